The molecule has 0 spiro atoms. The molecular weight excluding hydrogens is 208 g/mol. The lowest BCUT2D eigenvalue weighted by molar-refractivity contribution is -0.687. The molecule has 0 amide bonds. The Bertz CT molecular complexity index is 395. The number of halogens is 1. The Balaban J connectivity index is 0.00000112. The Labute approximate surface area is 96.6 Å². The number of hydrogen-bond acceptors (Lipinski definition) is 0. The standard InChI is InChI=1S/C12H15N2.ClH/c1-2-13-8-9-14(11-13)10-12-6-4-3-5-7-12;/h3-9,11H,2,10H2,1H3;1H/q+1;/p-1. The van der Waals surface area contributed by atoms with Gasteiger partial charge < -0.3 is 12.4 Å². The minimum absolute atomic E-state index is 0. The highest BCUT2D eigenvalue weighted by molar-refractivity contribution is 5.13. The fourth-order valence-corrected chi connectivity index (χ4v) is 1.51. The number of imidazole rings is 1. The second-order valence-corrected chi connectivity index (χ2v) is 3.40. The molecule has 0 bridgehead atoms. The van der Waals surface area contributed by atoms with Gasteiger partial charge >= 0.3 is 0 Å². The molecule has 1 heterocycles. The van der Waals surface area contributed by atoms with Gasteiger partial charge in [0.1, 0.15) is 18.9 Å². The summed E-state index contributed by atoms with van der Waals surface area (Å²) < 4.78 is 4.36. The molecule has 0 aliphatic rings. The van der Waals surface area contributed by atoms with E-state index in [1.807, 2.05) is 6.07 Å². The van der Waals surface area contributed by atoms with Gasteiger partial charge in [-0.25, -0.2) is 9.13 Å². The molecule has 0 aliphatic carbocycles. The van der Waals surface area contributed by atoms with E-state index in [-0.39, 0.29) is 12.4 Å². The van der Waals surface area contributed by atoms with Gasteiger partial charge in [-0.1, -0.05) is 30.3 Å². The van der Waals surface area contributed by atoms with Gasteiger partial charge in [0, 0.05) is 0 Å². The van der Waals surface area contributed by atoms with E-state index in [2.05, 4.69) is 59.0 Å². The maximum Gasteiger partial charge on any atom is 0.244 e. The Hall–Kier alpha value is -1.28. The van der Waals surface area contributed by atoms with Crippen LogP contribution in [0.3, 0.4) is 0 Å². The molecule has 3 heteroatoms. The fraction of sp³-hybridized carbons (Fsp3) is 0.250. The molecule has 2 rings (SSSR count). The quantitative estimate of drug-likeness (QED) is 0.580. The van der Waals surface area contributed by atoms with Crippen LogP contribution in [0.4, 0.5) is 0 Å². The van der Waals surface area contributed by atoms with Gasteiger partial charge in [0.25, 0.3) is 0 Å². The molecule has 0 saturated heterocycles. The first-order valence-corrected chi connectivity index (χ1v) is 4.97. The van der Waals surface area contributed by atoms with Crippen molar-refractivity contribution in [2.45, 2.75) is 20.0 Å². The molecule has 0 atom stereocenters. The van der Waals surface area contributed by atoms with Crippen molar-refractivity contribution < 1.29 is 17.0 Å². The third kappa shape index (κ3) is 3.10. The van der Waals surface area contributed by atoms with Crippen LogP contribution < -0.4 is 17.0 Å². The topological polar surface area (TPSA) is 8.81 Å². The zero-order valence-corrected chi connectivity index (χ0v) is 9.56. The van der Waals surface area contributed by atoms with Gasteiger partial charge in [0.2, 0.25) is 6.33 Å². The Morgan fingerprint density at radius 1 is 1.20 bits per heavy atom. The lowest BCUT2D eigenvalue weighted by Crippen LogP contribution is -3.00. The number of aromatic nitrogens is 2. The summed E-state index contributed by atoms with van der Waals surface area (Å²) in [6, 6.07) is 10.5. The zero-order chi connectivity index (χ0) is 9.80. The zero-order valence-electron chi connectivity index (χ0n) is 8.81. The summed E-state index contributed by atoms with van der Waals surface area (Å²) in [5.74, 6) is 0. The van der Waals surface area contributed by atoms with Crippen LogP contribution in [0, 0.1) is 0 Å². The van der Waals surface area contributed by atoms with E-state index in [0.29, 0.717) is 0 Å². The van der Waals surface area contributed by atoms with E-state index in [4.69, 9.17) is 0 Å². The van der Waals surface area contributed by atoms with Crippen LogP contribution in [0.15, 0.2) is 49.1 Å². The van der Waals surface area contributed by atoms with Crippen molar-refractivity contribution in [3.05, 3.63) is 54.6 Å². The van der Waals surface area contributed by atoms with Crippen molar-refractivity contribution >= 4 is 0 Å². The van der Waals surface area contributed by atoms with Gasteiger partial charge in [-0.3, -0.25) is 0 Å². The summed E-state index contributed by atoms with van der Waals surface area (Å²) in [6.45, 7) is 4.13. The van der Waals surface area contributed by atoms with Crippen LogP contribution in [-0.4, -0.2) is 4.57 Å². The summed E-state index contributed by atoms with van der Waals surface area (Å²) in [4.78, 5) is 0. The molecule has 1 aromatic carbocycles. The van der Waals surface area contributed by atoms with Gasteiger partial charge in [-0.05, 0) is 12.5 Å². The van der Waals surface area contributed by atoms with Crippen LogP contribution in [-0.2, 0) is 13.1 Å². The molecule has 0 saturated carbocycles. The number of rotatable bonds is 3. The average molecular weight is 223 g/mol. The third-order valence-corrected chi connectivity index (χ3v) is 2.32. The Morgan fingerprint density at radius 2 is 1.93 bits per heavy atom. The molecule has 2 nitrogen and oxygen atoms in total. The van der Waals surface area contributed by atoms with Crippen LogP contribution in [0.2, 0.25) is 0 Å². The first kappa shape index (κ1) is 11.8. The van der Waals surface area contributed by atoms with Crippen LogP contribution in [0.1, 0.15) is 12.5 Å². The lowest BCUT2D eigenvalue weighted by atomic mass is 10.2. The van der Waals surface area contributed by atoms with Crippen molar-refractivity contribution in [1.82, 2.24) is 4.57 Å². The molecule has 1 aromatic heterocycles. The van der Waals surface area contributed by atoms with Crippen LogP contribution in [0.25, 0.3) is 0 Å². The molecule has 15 heavy (non-hydrogen) atoms. The smallest absolute Gasteiger partial charge is 0.244 e. The summed E-state index contributed by atoms with van der Waals surface area (Å²) in [5, 5.41) is 0. The molecular formula is C12H15ClN2. The van der Waals surface area contributed by atoms with Gasteiger partial charge in [-0.2, -0.15) is 0 Å². The van der Waals surface area contributed by atoms with E-state index >= 15 is 0 Å². The predicted octanol–water partition coefficient (Wildman–Crippen LogP) is -1.15. The molecule has 0 aliphatic heterocycles. The van der Waals surface area contributed by atoms with Crippen molar-refractivity contribution in [2.75, 3.05) is 0 Å². The van der Waals surface area contributed by atoms with Gasteiger partial charge in [0.05, 0.1) is 6.54 Å². The highest BCUT2D eigenvalue weighted by Gasteiger charge is 2.01. The van der Waals surface area contributed by atoms with Crippen molar-refractivity contribution in [3.8, 4) is 0 Å². The second kappa shape index (κ2) is 5.56. The molecule has 0 N–H and O–H groups in total. The van der Waals surface area contributed by atoms with E-state index in [0.717, 1.165) is 13.1 Å². The number of benzene rings is 1. The highest BCUT2D eigenvalue weighted by Crippen LogP contribution is 1.97. The maximum absolute atomic E-state index is 2.19. The monoisotopic (exact) mass is 222 g/mol. The van der Waals surface area contributed by atoms with Crippen LogP contribution >= 0.6 is 0 Å². The molecule has 0 fully saturated rings. The number of aryl methyl sites for hydroxylation is 1. The maximum atomic E-state index is 2.19. The predicted molar refractivity (Wildman–Crippen MR) is 55.8 cm³/mol. The molecule has 80 valence electrons. The first-order chi connectivity index (χ1) is 6.88. The lowest BCUT2D eigenvalue weighted by Gasteiger charge is -1.95. The number of hydrogen-bond donors (Lipinski definition) is 0. The largest absolute Gasteiger partial charge is 1.00 e. The molecule has 0 unspecified atom stereocenters. The molecule has 0 radical (unpaired) electrons. The summed E-state index contributed by atoms with van der Waals surface area (Å²) in [6.07, 6.45) is 6.34. The van der Waals surface area contributed by atoms with Crippen molar-refractivity contribution in [2.24, 2.45) is 0 Å². The van der Waals surface area contributed by atoms with Gasteiger partial charge in [-0.15, -0.1) is 0 Å². The van der Waals surface area contributed by atoms with Crippen LogP contribution in [0.5, 0.6) is 0 Å². The minimum atomic E-state index is 0. The van der Waals surface area contributed by atoms with E-state index in [9.17, 15) is 0 Å². The van der Waals surface area contributed by atoms with Gasteiger partial charge in [0.15, 0.2) is 0 Å². The SMILES string of the molecule is CCn1cc[n+](Cc2ccccc2)c1.[Cl-]. The summed E-state index contributed by atoms with van der Waals surface area (Å²) in [5.41, 5.74) is 1.34. The second-order valence-electron chi connectivity index (χ2n) is 3.40. The molecule has 2 aromatic rings. The minimum Gasteiger partial charge on any atom is -1.00 e. The summed E-state index contributed by atoms with van der Waals surface area (Å²) >= 11 is 0. The van der Waals surface area contributed by atoms with E-state index < -0.39 is 0 Å². The first-order valence-electron chi connectivity index (χ1n) is 4.97. The number of nitrogens with zero attached hydrogens (tertiary/aromatic N) is 2. The normalized spacial score (nSPS) is 9.67. The Morgan fingerprint density at radius 3 is 2.53 bits per heavy atom. The Kier molecular flexibility index (Phi) is 4.37. The van der Waals surface area contributed by atoms with Crippen molar-refractivity contribution in [1.29, 1.82) is 0 Å². The van der Waals surface area contributed by atoms with E-state index in [1.54, 1.807) is 0 Å². The average Bonchev–Trinajstić information content (AvgIpc) is 2.67. The highest BCUT2D eigenvalue weighted by atomic mass is 35.5. The fourth-order valence-electron chi connectivity index (χ4n) is 1.51. The third-order valence-electron chi connectivity index (χ3n) is 2.32. The summed E-state index contributed by atoms with van der Waals surface area (Å²) in [7, 11) is 0. The van der Waals surface area contributed by atoms with E-state index in [1.165, 1.54) is 5.56 Å². The van der Waals surface area contributed by atoms with Crippen molar-refractivity contribution in [3.63, 3.8) is 0 Å².